The van der Waals surface area contributed by atoms with E-state index in [0.29, 0.717) is 21.8 Å². The normalized spacial score (nSPS) is 16.2. The van der Waals surface area contributed by atoms with Crippen molar-refractivity contribution < 1.29 is 27.2 Å². The predicted molar refractivity (Wildman–Crippen MR) is 111 cm³/mol. The Hall–Kier alpha value is -3.39. The third-order valence-electron chi connectivity index (χ3n) is 5.12. The molecule has 0 spiro atoms. The fourth-order valence-corrected chi connectivity index (χ4v) is 3.92. The number of hydrogen-bond acceptors (Lipinski definition) is 2. The highest BCUT2D eigenvalue weighted by atomic mass is 35.5. The number of halogens is 5. The number of nitrogens with one attached hydrogen (secondary N) is 1. The molecule has 3 aromatic carbocycles. The van der Waals surface area contributed by atoms with Gasteiger partial charge >= 0.3 is 6.18 Å². The molecule has 3 aromatic rings. The number of rotatable bonds is 2. The predicted octanol–water partition coefficient (Wildman–Crippen LogP) is 5.68. The molecule has 1 heterocycles. The van der Waals surface area contributed by atoms with Crippen molar-refractivity contribution in [3.63, 3.8) is 0 Å². The van der Waals surface area contributed by atoms with E-state index in [1.54, 1.807) is 12.1 Å². The van der Waals surface area contributed by atoms with E-state index in [1.807, 2.05) is 0 Å². The molecule has 1 N–H and O–H groups in total. The van der Waals surface area contributed by atoms with Gasteiger partial charge in [0.1, 0.15) is 12.4 Å². The molecule has 0 fully saturated rings. The van der Waals surface area contributed by atoms with Gasteiger partial charge in [0.25, 0.3) is 5.91 Å². The first-order chi connectivity index (χ1) is 15.1. The molecule has 1 atom stereocenters. The molecule has 4 nitrogen and oxygen atoms in total. The molecule has 9 heteroatoms. The first-order valence-electron chi connectivity index (χ1n) is 9.47. The summed E-state index contributed by atoms with van der Waals surface area (Å²) in [5.74, 6) is -2.10. The zero-order valence-electron chi connectivity index (χ0n) is 16.3. The van der Waals surface area contributed by atoms with E-state index in [-0.39, 0.29) is 0 Å². The van der Waals surface area contributed by atoms with Gasteiger partial charge in [-0.25, -0.2) is 4.39 Å². The third-order valence-corrected chi connectivity index (χ3v) is 5.35. The molecule has 0 aliphatic carbocycles. The molecule has 1 aliphatic rings. The molecule has 1 aliphatic heterocycles. The molecule has 0 unspecified atom stereocenters. The van der Waals surface area contributed by atoms with Crippen molar-refractivity contribution in [2.24, 2.45) is 0 Å². The topological polar surface area (TPSA) is 49.4 Å². The number of benzene rings is 3. The van der Waals surface area contributed by atoms with Crippen LogP contribution in [-0.2, 0) is 11.0 Å². The summed E-state index contributed by atoms with van der Waals surface area (Å²) >= 11 is 6.15. The number of hydrogen-bond donors (Lipinski definition) is 1. The van der Waals surface area contributed by atoms with Crippen molar-refractivity contribution in [2.75, 3.05) is 11.9 Å². The van der Waals surface area contributed by atoms with E-state index >= 15 is 0 Å². The Kier molecular flexibility index (Phi) is 5.64. The maximum atomic E-state index is 13.6. The van der Waals surface area contributed by atoms with Gasteiger partial charge < -0.3 is 10.2 Å². The summed E-state index contributed by atoms with van der Waals surface area (Å²) < 4.78 is 54.3. The average Bonchev–Trinajstić information content (AvgIpc) is 2.89. The molecule has 164 valence electrons. The van der Waals surface area contributed by atoms with Crippen LogP contribution in [-0.4, -0.2) is 23.3 Å². The summed E-state index contributed by atoms with van der Waals surface area (Å²) in [5, 5.41) is 2.96. The van der Waals surface area contributed by atoms with Gasteiger partial charge in [0, 0.05) is 16.3 Å². The number of nitrogens with zero attached hydrogens (tertiary/aromatic N) is 1. The quantitative estimate of drug-likeness (QED) is 0.498. The Balaban J connectivity index is 1.92. The first-order valence-corrected chi connectivity index (χ1v) is 9.85. The van der Waals surface area contributed by atoms with Gasteiger partial charge in [-0.05, 0) is 48.0 Å². The van der Waals surface area contributed by atoms with E-state index in [0.717, 1.165) is 17.0 Å². The monoisotopic (exact) mass is 462 g/mol. The van der Waals surface area contributed by atoms with Gasteiger partial charge in [-0.2, -0.15) is 13.2 Å². The lowest BCUT2D eigenvalue weighted by molar-refractivity contribution is -0.138. The zero-order valence-corrected chi connectivity index (χ0v) is 17.0. The second-order valence-electron chi connectivity index (χ2n) is 7.21. The van der Waals surface area contributed by atoms with Gasteiger partial charge in [0.05, 0.1) is 17.2 Å². The third kappa shape index (κ3) is 4.18. The van der Waals surface area contributed by atoms with Gasteiger partial charge in [-0.15, -0.1) is 0 Å². The van der Waals surface area contributed by atoms with Gasteiger partial charge in [0.15, 0.2) is 0 Å². The summed E-state index contributed by atoms with van der Waals surface area (Å²) in [7, 11) is 0. The number of amides is 2. The Morgan fingerprint density at radius 2 is 1.72 bits per heavy atom. The Morgan fingerprint density at radius 3 is 2.41 bits per heavy atom. The van der Waals surface area contributed by atoms with Crippen LogP contribution in [0.15, 0.2) is 66.7 Å². The van der Waals surface area contributed by atoms with Crippen molar-refractivity contribution in [2.45, 2.75) is 12.2 Å². The lowest BCUT2D eigenvalue weighted by Gasteiger charge is -2.31. The average molecular weight is 463 g/mol. The highest BCUT2D eigenvalue weighted by Crippen LogP contribution is 2.39. The fraction of sp³-hybridized carbons (Fsp3) is 0.130. The number of alkyl halides is 3. The molecule has 2 amide bonds. The summed E-state index contributed by atoms with van der Waals surface area (Å²) in [4.78, 5) is 27.1. The zero-order chi connectivity index (χ0) is 23.0. The minimum atomic E-state index is -4.77. The molecular weight excluding hydrogens is 448 g/mol. The molecule has 32 heavy (non-hydrogen) atoms. The fourth-order valence-electron chi connectivity index (χ4n) is 3.74. The minimum absolute atomic E-state index is 0.301. The van der Waals surface area contributed by atoms with Crippen LogP contribution in [0.25, 0.3) is 0 Å². The summed E-state index contributed by atoms with van der Waals surface area (Å²) in [6.45, 7) is -0.515. The van der Waals surface area contributed by atoms with Crippen molar-refractivity contribution in [1.29, 1.82) is 0 Å². The maximum absolute atomic E-state index is 13.6. The van der Waals surface area contributed by atoms with Crippen LogP contribution < -0.4 is 5.32 Å². The largest absolute Gasteiger partial charge is 0.417 e. The number of anilines is 1. The Labute approximate surface area is 185 Å². The molecule has 0 radical (unpaired) electrons. The van der Waals surface area contributed by atoms with Crippen LogP contribution in [0.3, 0.4) is 0 Å². The first kappa shape index (κ1) is 21.8. The molecule has 4 rings (SSSR count). The molecule has 0 saturated heterocycles. The summed E-state index contributed by atoms with van der Waals surface area (Å²) in [6, 6.07) is 13.2. The van der Waals surface area contributed by atoms with E-state index < -0.39 is 47.5 Å². The van der Waals surface area contributed by atoms with Gasteiger partial charge in [-0.1, -0.05) is 35.9 Å². The standard InChI is InChI=1S/C23H15ClF4N2O2/c24-14-7-10-19-17(11-14)21(13-5-8-15(25)9-6-13)30(12-20(31)29-19)22(32)16-3-1-2-4-18(16)23(26,27)28/h1-11,21H,12H2,(H,29,31)/t21-/m0/s1. The highest BCUT2D eigenvalue weighted by Gasteiger charge is 2.39. The lowest BCUT2D eigenvalue weighted by Crippen LogP contribution is -2.39. The van der Waals surface area contributed by atoms with Crippen molar-refractivity contribution in [3.05, 3.63) is 99.8 Å². The summed E-state index contributed by atoms with van der Waals surface area (Å²) in [5.41, 5.74) is -0.547. The van der Waals surface area contributed by atoms with Crippen LogP contribution >= 0.6 is 11.6 Å². The smallest absolute Gasteiger partial charge is 0.324 e. The molecular formula is C23H15ClF4N2O2. The van der Waals surface area contributed by atoms with Crippen molar-refractivity contribution in [3.8, 4) is 0 Å². The minimum Gasteiger partial charge on any atom is -0.324 e. The van der Waals surface area contributed by atoms with E-state index in [2.05, 4.69) is 5.32 Å². The van der Waals surface area contributed by atoms with Crippen LogP contribution in [0.1, 0.15) is 33.1 Å². The Bertz CT molecular complexity index is 1200. The van der Waals surface area contributed by atoms with Crippen LogP contribution in [0, 0.1) is 5.82 Å². The van der Waals surface area contributed by atoms with Crippen LogP contribution in [0.2, 0.25) is 5.02 Å². The lowest BCUT2D eigenvalue weighted by atomic mass is 9.94. The van der Waals surface area contributed by atoms with Crippen molar-refractivity contribution in [1.82, 2.24) is 4.90 Å². The highest BCUT2D eigenvalue weighted by molar-refractivity contribution is 6.30. The number of carbonyl (C=O) groups excluding carboxylic acids is 2. The van der Waals surface area contributed by atoms with Crippen LogP contribution in [0.5, 0.6) is 0 Å². The van der Waals surface area contributed by atoms with Crippen molar-refractivity contribution >= 4 is 29.1 Å². The summed E-state index contributed by atoms with van der Waals surface area (Å²) in [6.07, 6.45) is -4.77. The maximum Gasteiger partial charge on any atom is 0.417 e. The van der Waals surface area contributed by atoms with E-state index in [4.69, 9.17) is 11.6 Å². The molecule has 0 aromatic heterocycles. The number of fused-ring (bicyclic) bond motifs is 1. The second-order valence-corrected chi connectivity index (χ2v) is 7.65. The second kappa shape index (κ2) is 8.27. The molecule has 0 saturated carbocycles. The Morgan fingerprint density at radius 1 is 1.03 bits per heavy atom. The van der Waals surface area contributed by atoms with Crippen LogP contribution in [0.4, 0.5) is 23.2 Å². The molecule has 0 bridgehead atoms. The van der Waals surface area contributed by atoms with E-state index in [9.17, 15) is 27.2 Å². The van der Waals surface area contributed by atoms with E-state index in [1.165, 1.54) is 42.5 Å². The van der Waals surface area contributed by atoms with Gasteiger partial charge in [0.2, 0.25) is 5.91 Å². The SMILES string of the molecule is O=C1CN(C(=O)c2ccccc2C(F)(F)F)[C@@H](c2ccc(F)cc2)c2cc(Cl)ccc2N1. The van der Waals surface area contributed by atoms with Gasteiger partial charge in [-0.3, -0.25) is 9.59 Å². The number of carbonyl (C=O) groups is 2.